The summed E-state index contributed by atoms with van der Waals surface area (Å²) in [5.41, 5.74) is 0. The number of hydrogen-bond donors (Lipinski definition) is 0. The SMILES string of the molecule is C=C[CH2-].C=C[CH2-].[CH2-][Si](C)(C)C.[Pt+4].c1cc[cH-]c1. The zero-order valence-electron chi connectivity index (χ0n) is 11.4. The zero-order chi connectivity index (χ0) is 13.4. The Morgan fingerprint density at radius 2 is 1.18 bits per heavy atom. The van der Waals surface area contributed by atoms with Gasteiger partial charge in [0.25, 0.3) is 0 Å². The van der Waals surface area contributed by atoms with Crippen LogP contribution in [-0.2, 0) is 21.1 Å². The second-order valence-electron chi connectivity index (χ2n) is 4.10. The summed E-state index contributed by atoms with van der Waals surface area (Å²) >= 11 is 0. The Balaban J connectivity index is -0.0000000673. The van der Waals surface area contributed by atoms with E-state index in [0.29, 0.717) is 0 Å². The van der Waals surface area contributed by atoms with Crippen LogP contribution in [0.2, 0.25) is 19.6 Å². The van der Waals surface area contributed by atoms with Gasteiger partial charge in [-0.3, -0.25) is 0 Å². The Bertz CT molecular complexity index is 178. The van der Waals surface area contributed by atoms with Crippen molar-refractivity contribution in [3.05, 3.63) is 76.0 Å². The third kappa shape index (κ3) is 140. The fourth-order valence-electron chi connectivity index (χ4n) is 0.321. The van der Waals surface area contributed by atoms with E-state index in [1.807, 2.05) is 30.3 Å². The van der Waals surface area contributed by atoms with Crippen molar-refractivity contribution in [1.82, 2.24) is 0 Å². The standard InChI is InChI=1S/C5H5.C4H11Si.2C3H5.Pt/c1-2-4-5-3-1;1-5(2,3)4;2*1-3-2;/h1-5H;1H2,2-4H3;2*3H,1-2H2;/q4*-1;+4. The molecule has 0 N–H and O–H groups in total. The van der Waals surface area contributed by atoms with Gasteiger partial charge in [0.05, 0.1) is 0 Å². The number of rotatable bonds is 0. The van der Waals surface area contributed by atoms with Gasteiger partial charge in [-0.25, -0.2) is 51.3 Å². The summed E-state index contributed by atoms with van der Waals surface area (Å²) in [7, 11) is -0.861. The molecular weight excluding hydrogens is 403 g/mol. The van der Waals surface area contributed by atoms with Crippen LogP contribution in [0.25, 0.3) is 0 Å². The van der Waals surface area contributed by atoms with E-state index >= 15 is 0 Å². The summed E-state index contributed by atoms with van der Waals surface area (Å²) in [6.45, 7) is 23.6. The topological polar surface area (TPSA) is 0 Å². The molecule has 17 heavy (non-hydrogen) atoms. The number of allylic oxidation sites excluding steroid dienone is 2. The van der Waals surface area contributed by atoms with E-state index in [2.05, 4.69) is 53.2 Å². The van der Waals surface area contributed by atoms with E-state index in [-0.39, 0.29) is 21.1 Å². The molecule has 0 bridgehead atoms. The second kappa shape index (κ2) is 20.8. The molecule has 1 aromatic carbocycles. The molecule has 0 aromatic heterocycles. The molecule has 0 aliphatic rings. The molecule has 0 aliphatic carbocycles. The van der Waals surface area contributed by atoms with Crippen LogP contribution in [0.3, 0.4) is 0 Å². The second-order valence-corrected chi connectivity index (χ2v) is 9.22. The van der Waals surface area contributed by atoms with Crippen molar-refractivity contribution in [3.63, 3.8) is 0 Å². The summed E-state index contributed by atoms with van der Waals surface area (Å²) in [5, 5.41) is 0. The molecular formula is C15H26PtSi. The van der Waals surface area contributed by atoms with Crippen LogP contribution in [0, 0.1) is 20.4 Å². The molecule has 0 spiro atoms. The van der Waals surface area contributed by atoms with E-state index in [1.165, 1.54) is 12.2 Å². The first-order chi connectivity index (χ1) is 7.33. The first kappa shape index (κ1) is 25.4. The van der Waals surface area contributed by atoms with Gasteiger partial charge in [0, 0.05) is 0 Å². The minimum atomic E-state index is -0.861. The predicted octanol–water partition coefficient (Wildman–Crippen LogP) is 5.11. The summed E-state index contributed by atoms with van der Waals surface area (Å²) in [5.74, 6) is 0. The van der Waals surface area contributed by atoms with Crippen molar-refractivity contribution in [2.24, 2.45) is 0 Å². The summed E-state index contributed by atoms with van der Waals surface area (Å²) < 4.78 is 0. The molecule has 0 fully saturated rings. The van der Waals surface area contributed by atoms with Gasteiger partial charge in [-0.15, -0.1) is 8.07 Å². The van der Waals surface area contributed by atoms with Crippen LogP contribution in [0.15, 0.2) is 55.6 Å². The Morgan fingerprint density at radius 3 is 1.24 bits per heavy atom. The van der Waals surface area contributed by atoms with Crippen LogP contribution in [0.4, 0.5) is 0 Å². The Hall–Kier alpha value is -0.525. The molecule has 1 rings (SSSR count). The Kier molecular flexibility index (Phi) is 31.1. The molecule has 0 saturated heterocycles. The minimum absolute atomic E-state index is 0. The third-order valence-corrected chi connectivity index (χ3v) is 0.556. The Morgan fingerprint density at radius 1 is 1.00 bits per heavy atom. The third-order valence-electron chi connectivity index (χ3n) is 0.556. The van der Waals surface area contributed by atoms with E-state index in [9.17, 15) is 0 Å². The number of hydrogen-bond acceptors (Lipinski definition) is 0. The minimum Gasteiger partial charge on any atom is -0.342 e. The van der Waals surface area contributed by atoms with Gasteiger partial charge >= 0.3 is 21.1 Å². The zero-order valence-corrected chi connectivity index (χ0v) is 14.7. The summed E-state index contributed by atoms with van der Waals surface area (Å²) in [6.07, 6.45) is 3.00. The monoisotopic (exact) mass is 429 g/mol. The molecule has 0 radical (unpaired) electrons. The van der Waals surface area contributed by atoms with Crippen molar-refractivity contribution in [2.45, 2.75) is 19.6 Å². The molecule has 0 aliphatic heterocycles. The maximum atomic E-state index is 3.91. The van der Waals surface area contributed by atoms with Gasteiger partial charge in [-0.2, -0.15) is 18.2 Å². The van der Waals surface area contributed by atoms with E-state index < -0.39 is 8.07 Å². The average molecular weight is 430 g/mol. The molecule has 1 aromatic rings. The average Bonchev–Trinajstić information content (AvgIpc) is 2.58. The Labute approximate surface area is 124 Å². The first-order valence-electron chi connectivity index (χ1n) is 5.15. The quantitative estimate of drug-likeness (QED) is 0.397. The van der Waals surface area contributed by atoms with Gasteiger partial charge in [-0.05, 0) is 0 Å². The van der Waals surface area contributed by atoms with Crippen LogP contribution in [0.5, 0.6) is 0 Å². The smallest absolute Gasteiger partial charge is 0.342 e. The van der Waals surface area contributed by atoms with Gasteiger partial charge in [-0.1, -0.05) is 19.6 Å². The first-order valence-corrected chi connectivity index (χ1v) is 8.86. The summed E-state index contributed by atoms with van der Waals surface area (Å²) in [4.78, 5) is 0. The molecule has 0 atom stereocenters. The normalized spacial score (nSPS) is 7.29. The van der Waals surface area contributed by atoms with Crippen molar-refractivity contribution in [1.29, 1.82) is 0 Å². The molecule has 0 nitrogen and oxygen atoms in total. The maximum Gasteiger partial charge on any atom is 4.00 e. The largest absolute Gasteiger partial charge is 4.00 e. The van der Waals surface area contributed by atoms with Gasteiger partial charge in [0.1, 0.15) is 0 Å². The van der Waals surface area contributed by atoms with Crippen molar-refractivity contribution >= 4 is 8.07 Å². The van der Waals surface area contributed by atoms with Crippen LogP contribution in [-0.4, -0.2) is 8.07 Å². The predicted molar refractivity (Wildman–Crippen MR) is 81.8 cm³/mol. The van der Waals surface area contributed by atoms with Gasteiger partial charge < -0.3 is 6.55 Å². The summed E-state index contributed by atoms with van der Waals surface area (Å²) in [6, 6.07) is 10.0. The molecule has 100 valence electrons. The molecule has 0 heterocycles. The van der Waals surface area contributed by atoms with Crippen LogP contribution < -0.4 is 0 Å². The maximum absolute atomic E-state index is 3.91. The van der Waals surface area contributed by atoms with Crippen LogP contribution in [0.1, 0.15) is 0 Å². The fourth-order valence-corrected chi connectivity index (χ4v) is 0.321. The van der Waals surface area contributed by atoms with Crippen molar-refractivity contribution in [2.75, 3.05) is 0 Å². The van der Waals surface area contributed by atoms with Crippen molar-refractivity contribution < 1.29 is 21.1 Å². The molecule has 0 unspecified atom stereocenters. The van der Waals surface area contributed by atoms with E-state index in [1.54, 1.807) is 0 Å². The van der Waals surface area contributed by atoms with Crippen molar-refractivity contribution in [3.8, 4) is 0 Å². The van der Waals surface area contributed by atoms with Gasteiger partial charge in [0.2, 0.25) is 0 Å². The van der Waals surface area contributed by atoms with E-state index in [4.69, 9.17) is 0 Å². The molecule has 2 heteroatoms. The fraction of sp³-hybridized carbons (Fsp3) is 0.200. The molecule has 0 amide bonds. The van der Waals surface area contributed by atoms with Crippen LogP contribution >= 0.6 is 0 Å². The molecule has 0 saturated carbocycles. The van der Waals surface area contributed by atoms with E-state index in [0.717, 1.165) is 0 Å². The van der Waals surface area contributed by atoms with Gasteiger partial charge in [0.15, 0.2) is 0 Å².